The molecule has 0 amide bonds. The zero-order chi connectivity index (χ0) is 27.3. The molecule has 38 heavy (non-hydrogen) atoms. The summed E-state index contributed by atoms with van der Waals surface area (Å²) < 4.78 is 41.8. The van der Waals surface area contributed by atoms with Gasteiger partial charge in [-0.15, -0.1) is 5.10 Å². The van der Waals surface area contributed by atoms with E-state index in [1.165, 1.54) is 19.2 Å². The summed E-state index contributed by atoms with van der Waals surface area (Å²) in [5, 5.41) is 4.67. The van der Waals surface area contributed by atoms with Gasteiger partial charge >= 0.3 is 0 Å². The first-order valence-electron chi connectivity index (χ1n) is 12.7. The number of benzene rings is 2. The van der Waals surface area contributed by atoms with Gasteiger partial charge in [-0.2, -0.15) is 0 Å². The average molecular weight is 540 g/mol. The molecule has 0 atom stereocenters. The third-order valence-corrected chi connectivity index (χ3v) is 7.61. The van der Waals surface area contributed by atoms with Gasteiger partial charge < -0.3 is 14.5 Å². The maximum atomic E-state index is 13.2. The number of aromatic amines is 1. The first kappa shape index (κ1) is 27.3. The molecule has 202 valence electrons. The number of methoxy groups -OCH3 is 1. The number of rotatable bonds is 12. The highest BCUT2D eigenvalue weighted by Gasteiger charge is 2.21. The molecule has 0 unspecified atom stereocenters. The highest BCUT2D eigenvalue weighted by molar-refractivity contribution is 7.89. The van der Waals surface area contributed by atoms with Crippen LogP contribution in [0.3, 0.4) is 0 Å². The second-order valence-corrected chi connectivity index (χ2v) is 10.6. The second kappa shape index (κ2) is 11.8. The van der Waals surface area contributed by atoms with Crippen molar-refractivity contribution in [3.8, 4) is 22.9 Å². The monoisotopic (exact) mass is 539 g/mol. The van der Waals surface area contributed by atoms with Crippen molar-refractivity contribution < 1.29 is 17.9 Å². The number of sulfonamides is 1. The highest BCUT2D eigenvalue weighted by atomic mass is 32.2. The standard InChI is InChI=1S/C27H33N5O5S/c1-5-7-8-13-24-29-18(3)25-27(33)30-26(31-32(24)25)21-16-20(14-15-23(21)37-6-2)38(34,35)28-17-19-11-9-10-12-22(19)36-4/h9-12,14-16,28H,5-8,13,17H2,1-4H3,(H,30,31,33). The molecule has 4 aromatic rings. The second-order valence-electron chi connectivity index (χ2n) is 8.86. The van der Waals surface area contributed by atoms with Gasteiger partial charge in [0.2, 0.25) is 10.0 Å². The van der Waals surface area contributed by atoms with Crippen LogP contribution < -0.4 is 19.8 Å². The summed E-state index contributed by atoms with van der Waals surface area (Å²) in [4.78, 5) is 20.5. The molecule has 2 aromatic carbocycles. The number of hydrogen-bond donors (Lipinski definition) is 2. The molecule has 0 aliphatic heterocycles. The van der Waals surface area contributed by atoms with E-state index in [0.717, 1.165) is 19.3 Å². The van der Waals surface area contributed by atoms with E-state index in [4.69, 9.17) is 9.47 Å². The molecule has 0 bridgehead atoms. The smallest absolute Gasteiger partial charge is 0.277 e. The number of ether oxygens (including phenoxy) is 2. The van der Waals surface area contributed by atoms with Crippen molar-refractivity contribution in [2.24, 2.45) is 0 Å². The number of fused-ring (bicyclic) bond motifs is 1. The predicted molar refractivity (Wildman–Crippen MR) is 145 cm³/mol. The number of para-hydroxylation sites is 1. The molecule has 0 fully saturated rings. The minimum atomic E-state index is -3.92. The highest BCUT2D eigenvalue weighted by Crippen LogP contribution is 2.30. The van der Waals surface area contributed by atoms with Crippen LogP contribution in [0.5, 0.6) is 11.5 Å². The van der Waals surface area contributed by atoms with E-state index in [2.05, 4.69) is 26.7 Å². The van der Waals surface area contributed by atoms with E-state index in [0.29, 0.717) is 52.7 Å². The minimum Gasteiger partial charge on any atom is -0.496 e. The topological polar surface area (TPSA) is 128 Å². The van der Waals surface area contributed by atoms with Crippen molar-refractivity contribution in [1.29, 1.82) is 0 Å². The van der Waals surface area contributed by atoms with Crippen LogP contribution in [-0.2, 0) is 23.0 Å². The number of H-pyrrole nitrogens is 1. The fourth-order valence-electron chi connectivity index (χ4n) is 4.30. The van der Waals surface area contributed by atoms with Crippen LogP contribution in [0.2, 0.25) is 0 Å². The number of unbranched alkanes of at least 4 members (excludes halogenated alkanes) is 2. The Hall–Kier alpha value is -3.70. The lowest BCUT2D eigenvalue weighted by atomic mass is 10.2. The van der Waals surface area contributed by atoms with Crippen molar-refractivity contribution in [3.63, 3.8) is 0 Å². The van der Waals surface area contributed by atoms with Gasteiger partial charge in [-0.25, -0.2) is 22.6 Å². The van der Waals surface area contributed by atoms with E-state index >= 15 is 0 Å². The van der Waals surface area contributed by atoms with Crippen molar-refractivity contribution in [3.05, 3.63) is 69.9 Å². The number of hydrogen-bond acceptors (Lipinski definition) is 7. The summed E-state index contributed by atoms with van der Waals surface area (Å²) in [6.07, 6.45) is 3.71. The Labute approximate surface area is 222 Å². The average Bonchev–Trinajstić information content (AvgIpc) is 3.23. The molecular weight excluding hydrogens is 506 g/mol. The first-order chi connectivity index (χ1) is 18.3. The van der Waals surface area contributed by atoms with Crippen molar-refractivity contribution >= 4 is 15.5 Å². The molecular formula is C27H33N5O5S. The summed E-state index contributed by atoms with van der Waals surface area (Å²) in [6.45, 7) is 6.13. The summed E-state index contributed by atoms with van der Waals surface area (Å²) in [7, 11) is -2.38. The Bertz CT molecular complexity index is 1590. The van der Waals surface area contributed by atoms with Crippen molar-refractivity contribution in [2.75, 3.05) is 13.7 Å². The molecule has 4 rings (SSSR count). The van der Waals surface area contributed by atoms with E-state index in [1.54, 1.807) is 29.6 Å². The lowest BCUT2D eigenvalue weighted by Crippen LogP contribution is -2.23. The van der Waals surface area contributed by atoms with Gasteiger partial charge in [0.1, 0.15) is 17.3 Å². The number of nitrogens with one attached hydrogen (secondary N) is 2. The van der Waals surface area contributed by atoms with Crippen molar-refractivity contribution in [2.45, 2.75) is 57.9 Å². The van der Waals surface area contributed by atoms with Gasteiger partial charge in [0.25, 0.3) is 5.56 Å². The van der Waals surface area contributed by atoms with Crippen molar-refractivity contribution in [1.82, 2.24) is 24.3 Å². The zero-order valence-electron chi connectivity index (χ0n) is 22.1. The van der Waals surface area contributed by atoms with Gasteiger partial charge in [-0.3, -0.25) is 4.79 Å². The number of aryl methyl sites for hydroxylation is 2. The Morgan fingerprint density at radius 2 is 1.87 bits per heavy atom. The summed E-state index contributed by atoms with van der Waals surface area (Å²) >= 11 is 0. The van der Waals surface area contributed by atoms with Gasteiger partial charge in [-0.05, 0) is 44.5 Å². The van der Waals surface area contributed by atoms with Crippen LogP contribution in [-0.4, -0.2) is 41.7 Å². The van der Waals surface area contributed by atoms with Crippen LogP contribution >= 0.6 is 0 Å². The summed E-state index contributed by atoms with van der Waals surface area (Å²) in [5.74, 6) is 1.88. The molecule has 10 nitrogen and oxygen atoms in total. The Morgan fingerprint density at radius 3 is 2.61 bits per heavy atom. The molecule has 11 heteroatoms. The minimum absolute atomic E-state index is 0.0126. The van der Waals surface area contributed by atoms with E-state index in [-0.39, 0.29) is 22.8 Å². The van der Waals surface area contributed by atoms with E-state index in [9.17, 15) is 13.2 Å². The Kier molecular flexibility index (Phi) is 8.48. The van der Waals surface area contributed by atoms with E-state index < -0.39 is 10.0 Å². The first-order valence-corrected chi connectivity index (χ1v) is 14.1. The third-order valence-electron chi connectivity index (χ3n) is 6.21. The number of nitrogens with zero attached hydrogens (tertiary/aromatic N) is 3. The van der Waals surface area contributed by atoms with Crippen LogP contribution in [0.25, 0.3) is 16.9 Å². The Balaban J connectivity index is 1.75. The lowest BCUT2D eigenvalue weighted by Gasteiger charge is -2.14. The molecule has 0 saturated heterocycles. The van der Waals surface area contributed by atoms with Crippen LogP contribution in [0.1, 0.15) is 50.2 Å². The largest absolute Gasteiger partial charge is 0.496 e. The molecule has 2 heterocycles. The maximum Gasteiger partial charge on any atom is 0.277 e. The van der Waals surface area contributed by atoms with Crippen LogP contribution in [0.4, 0.5) is 0 Å². The van der Waals surface area contributed by atoms with Crippen LogP contribution in [0.15, 0.2) is 52.2 Å². The lowest BCUT2D eigenvalue weighted by molar-refractivity contribution is 0.341. The molecule has 0 aliphatic carbocycles. The quantitative estimate of drug-likeness (QED) is 0.260. The molecule has 0 spiro atoms. The van der Waals surface area contributed by atoms with Gasteiger partial charge in [0, 0.05) is 18.5 Å². The molecule has 2 N–H and O–H groups in total. The fraction of sp³-hybridized carbons (Fsp3) is 0.370. The molecule has 2 aromatic heterocycles. The van der Waals surface area contributed by atoms with Gasteiger partial charge in [-0.1, -0.05) is 38.0 Å². The normalized spacial score (nSPS) is 11.7. The summed E-state index contributed by atoms with van der Waals surface area (Å²) in [5.41, 5.74) is 1.68. The number of aromatic nitrogens is 4. The molecule has 0 aliphatic rings. The predicted octanol–water partition coefficient (Wildman–Crippen LogP) is 4.01. The molecule has 0 radical (unpaired) electrons. The van der Waals surface area contributed by atoms with Crippen LogP contribution in [0, 0.1) is 6.92 Å². The Morgan fingerprint density at radius 1 is 1.08 bits per heavy atom. The zero-order valence-corrected chi connectivity index (χ0v) is 22.9. The fourth-order valence-corrected chi connectivity index (χ4v) is 5.33. The van der Waals surface area contributed by atoms with E-state index in [1.807, 2.05) is 19.1 Å². The summed E-state index contributed by atoms with van der Waals surface area (Å²) in [6, 6.07) is 11.7. The number of imidazole rings is 1. The van der Waals surface area contributed by atoms with Gasteiger partial charge in [0.15, 0.2) is 11.3 Å². The van der Waals surface area contributed by atoms with Gasteiger partial charge in [0.05, 0.1) is 29.9 Å². The third kappa shape index (κ3) is 5.73. The SMILES string of the molecule is CCCCCc1nc(C)c2c(=O)[nH]c(-c3cc(S(=O)(=O)NCc4ccccc4OC)ccc3OCC)nn12. The maximum absolute atomic E-state index is 13.2. The molecule has 0 saturated carbocycles.